The van der Waals surface area contributed by atoms with E-state index in [-0.39, 0.29) is 18.6 Å². The highest BCUT2D eigenvalue weighted by molar-refractivity contribution is 6.06. The molecule has 0 aliphatic heterocycles. The molecule has 1 heterocycles. The van der Waals surface area contributed by atoms with Crippen LogP contribution < -0.4 is 5.32 Å². The lowest BCUT2D eigenvalue weighted by Gasteiger charge is -2.14. The molecule has 0 radical (unpaired) electrons. The Morgan fingerprint density at radius 3 is 2.95 bits per heavy atom. The zero-order valence-electron chi connectivity index (χ0n) is 11.0. The molecule has 0 spiro atoms. The fourth-order valence-corrected chi connectivity index (χ4v) is 2.07. The van der Waals surface area contributed by atoms with Gasteiger partial charge < -0.3 is 10.4 Å². The van der Waals surface area contributed by atoms with E-state index in [9.17, 15) is 4.79 Å². The van der Waals surface area contributed by atoms with Gasteiger partial charge in [-0.25, -0.2) is 0 Å². The van der Waals surface area contributed by atoms with Crippen LogP contribution in [0.3, 0.4) is 0 Å². The van der Waals surface area contributed by atoms with Crippen molar-refractivity contribution in [3.05, 3.63) is 42.1 Å². The summed E-state index contributed by atoms with van der Waals surface area (Å²) >= 11 is 0. The van der Waals surface area contributed by atoms with E-state index < -0.39 is 0 Å². The van der Waals surface area contributed by atoms with Crippen LogP contribution in [0.1, 0.15) is 30.1 Å². The van der Waals surface area contributed by atoms with Crippen LogP contribution in [0.15, 0.2) is 36.5 Å². The third kappa shape index (κ3) is 3.29. The molecule has 4 heteroatoms. The molecule has 0 aliphatic rings. The van der Waals surface area contributed by atoms with Gasteiger partial charge in [-0.3, -0.25) is 9.78 Å². The summed E-state index contributed by atoms with van der Waals surface area (Å²) in [4.78, 5) is 16.5. The molecule has 2 aromatic rings. The minimum Gasteiger partial charge on any atom is -0.396 e. The van der Waals surface area contributed by atoms with Crippen molar-refractivity contribution in [3.8, 4) is 0 Å². The van der Waals surface area contributed by atoms with Gasteiger partial charge in [-0.05, 0) is 31.9 Å². The Labute approximate surface area is 112 Å². The Kier molecular flexibility index (Phi) is 4.47. The number of aliphatic hydroxyl groups is 1. The number of carbonyl (C=O) groups excluding carboxylic acids is 1. The van der Waals surface area contributed by atoms with Crippen LogP contribution in [-0.2, 0) is 0 Å². The molecule has 0 bridgehead atoms. The lowest BCUT2D eigenvalue weighted by molar-refractivity contribution is 0.0938. The number of hydrogen-bond donors (Lipinski definition) is 2. The first-order chi connectivity index (χ1) is 9.22. The van der Waals surface area contributed by atoms with Gasteiger partial charge in [-0.15, -0.1) is 0 Å². The first-order valence-electron chi connectivity index (χ1n) is 6.48. The van der Waals surface area contributed by atoms with Crippen molar-refractivity contribution in [2.75, 3.05) is 6.61 Å². The smallest absolute Gasteiger partial charge is 0.252 e. The number of aliphatic hydroxyl groups excluding tert-OH is 1. The van der Waals surface area contributed by atoms with E-state index in [0.29, 0.717) is 12.0 Å². The number of amides is 1. The zero-order valence-corrected chi connectivity index (χ0v) is 11.0. The maximum atomic E-state index is 12.2. The minimum atomic E-state index is -0.0935. The van der Waals surface area contributed by atoms with Crippen molar-refractivity contribution >= 4 is 16.8 Å². The number of aromatic nitrogens is 1. The quantitative estimate of drug-likeness (QED) is 0.863. The average molecular weight is 258 g/mol. The van der Waals surface area contributed by atoms with E-state index in [4.69, 9.17) is 5.11 Å². The molecule has 4 nitrogen and oxygen atoms in total. The summed E-state index contributed by atoms with van der Waals surface area (Å²) in [6, 6.07) is 9.37. The Hall–Kier alpha value is -1.94. The van der Waals surface area contributed by atoms with Gasteiger partial charge in [0.15, 0.2) is 0 Å². The van der Waals surface area contributed by atoms with Gasteiger partial charge >= 0.3 is 0 Å². The van der Waals surface area contributed by atoms with Crippen LogP contribution in [-0.4, -0.2) is 28.6 Å². The number of hydrogen-bond acceptors (Lipinski definition) is 3. The highest BCUT2D eigenvalue weighted by Crippen LogP contribution is 2.16. The largest absolute Gasteiger partial charge is 0.396 e. The number of pyridine rings is 1. The molecule has 1 aromatic carbocycles. The predicted molar refractivity (Wildman–Crippen MR) is 75.0 cm³/mol. The SMILES string of the molecule is CC(CCCO)NC(=O)c1ccnc2ccccc12. The van der Waals surface area contributed by atoms with E-state index in [2.05, 4.69) is 10.3 Å². The number of nitrogens with zero attached hydrogens (tertiary/aromatic N) is 1. The van der Waals surface area contributed by atoms with E-state index in [1.165, 1.54) is 0 Å². The number of rotatable bonds is 5. The molecule has 1 amide bonds. The van der Waals surface area contributed by atoms with Gasteiger partial charge in [0, 0.05) is 24.2 Å². The predicted octanol–water partition coefficient (Wildman–Crippen LogP) is 2.13. The molecule has 0 saturated carbocycles. The van der Waals surface area contributed by atoms with Crippen LogP contribution in [0.2, 0.25) is 0 Å². The number of para-hydroxylation sites is 1. The maximum absolute atomic E-state index is 12.2. The molecule has 2 rings (SSSR count). The van der Waals surface area contributed by atoms with Crippen molar-refractivity contribution in [1.29, 1.82) is 0 Å². The van der Waals surface area contributed by atoms with Gasteiger partial charge in [0.25, 0.3) is 5.91 Å². The van der Waals surface area contributed by atoms with Gasteiger partial charge in [0.2, 0.25) is 0 Å². The van der Waals surface area contributed by atoms with Crippen LogP contribution >= 0.6 is 0 Å². The third-order valence-electron chi connectivity index (χ3n) is 3.07. The van der Waals surface area contributed by atoms with Crippen LogP contribution in [0.5, 0.6) is 0 Å². The fraction of sp³-hybridized carbons (Fsp3) is 0.333. The first-order valence-corrected chi connectivity index (χ1v) is 6.48. The number of nitrogens with one attached hydrogen (secondary N) is 1. The molecule has 100 valence electrons. The monoisotopic (exact) mass is 258 g/mol. The maximum Gasteiger partial charge on any atom is 0.252 e. The van der Waals surface area contributed by atoms with Crippen molar-refractivity contribution in [2.24, 2.45) is 0 Å². The lowest BCUT2D eigenvalue weighted by Crippen LogP contribution is -2.32. The summed E-state index contributed by atoms with van der Waals surface area (Å²) < 4.78 is 0. The molecule has 2 N–H and O–H groups in total. The van der Waals surface area contributed by atoms with Gasteiger partial charge in [0.05, 0.1) is 11.1 Å². The highest BCUT2D eigenvalue weighted by atomic mass is 16.2. The third-order valence-corrected chi connectivity index (χ3v) is 3.07. The Bertz CT molecular complexity index is 564. The Morgan fingerprint density at radius 2 is 2.16 bits per heavy atom. The van der Waals surface area contributed by atoms with Gasteiger partial charge in [0.1, 0.15) is 0 Å². The van der Waals surface area contributed by atoms with E-state index in [1.807, 2.05) is 31.2 Å². The second-order valence-corrected chi connectivity index (χ2v) is 4.62. The second-order valence-electron chi connectivity index (χ2n) is 4.62. The van der Waals surface area contributed by atoms with Crippen LogP contribution in [0, 0.1) is 0 Å². The van der Waals surface area contributed by atoms with E-state index >= 15 is 0 Å². The van der Waals surface area contributed by atoms with Crippen molar-refractivity contribution < 1.29 is 9.90 Å². The fourth-order valence-electron chi connectivity index (χ4n) is 2.07. The second kappa shape index (κ2) is 6.29. The Balaban J connectivity index is 2.17. The minimum absolute atomic E-state index is 0.0478. The topological polar surface area (TPSA) is 62.2 Å². The van der Waals surface area contributed by atoms with Gasteiger partial charge in [-0.1, -0.05) is 18.2 Å². The number of benzene rings is 1. The summed E-state index contributed by atoms with van der Waals surface area (Å²) in [6.07, 6.45) is 3.11. The standard InChI is InChI=1S/C15H18N2O2/c1-11(5-4-10-18)17-15(19)13-8-9-16-14-7-3-2-6-12(13)14/h2-3,6-9,11,18H,4-5,10H2,1H3,(H,17,19). The van der Waals surface area contributed by atoms with Crippen molar-refractivity contribution in [1.82, 2.24) is 10.3 Å². The molecular formula is C15H18N2O2. The molecule has 0 fully saturated rings. The van der Waals surface area contributed by atoms with E-state index in [1.54, 1.807) is 12.3 Å². The summed E-state index contributed by atoms with van der Waals surface area (Å²) in [6.45, 7) is 2.09. The van der Waals surface area contributed by atoms with E-state index in [0.717, 1.165) is 17.3 Å². The Morgan fingerprint density at radius 1 is 1.37 bits per heavy atom. The zero-order chi connectivity index (χ0) is 13.7. The average Bonchev–Trinajstić information content (AvgIpc) is 2.44. The van der Waals surface area contributed by atoms with Crippen LogP contribution in [0.4, 0.5) is 0 Å². The summed E-state index contributed by atoms with van der Waals surface area (Å²) in [7, 11) is 0. The number of fused-ring (bicyclic) bond motifs is 1. The van der Waals surface area contributed by atoms with Gasteiger partial charge in [-0.2, -0.15) is 0 Å². The molecule has 0 saturated heterocycles. The molecule has 19 heavy (non-hydrogen) atoms. The summed E-state index contributed by atoms with van der Waals surface area (Å²) in [5.41, 5.74) is 1.46. The molecule has 1 aromatic heterocycles. The molecular weight excluding hydrogens is 240 g/mol. The molecule has 1 unspecified atom stereocenters. The summed E-state index contributed by atoms with van der Waals surface area (Å²) in [5, 5.41) is 12.6. The first kappa shape index (κ1) is 13.5. The van der Waals surface area contributed by atoms with Crippen LogP contribution in [0.25, 0.3) is 10.9 Å². The summed E-state index contributed by atoms with van der Waals surface area (Å²) in [5.74, 6) is -0.0935. The lowest BCUT2D eigenvalue weighted by atomic mass is 10.1. The normalized spacial score (nSPS) is 12.3. The molecule has 0 aliphatic carbocycles. The molecule has 1 atom stereocenters. The van der Waals surface area contributed by atoms with Crippen molar-refractivity contribution in [3.63, 3.8) is 0 Å². The highest BCUT2D eigenvalue weighted by Gasteiger charge is 2.12. The van der Waals surface area contributed by atoms with Crippen molar-refractivity contribution in [2.45, 2.75) is 25.8 Å². The number of carbonyl (C=O) groups is 1.